The van der Waals surface area contributed by atoms with Gasteiger partial charge in [0.05, 0.1) is 10.6 Å². The summed E-state index contributed by atoms with van der Waals surface area (Å²) in [5.41, 5.74) is 2.05. The summed E-state index contributed by atoms with van der Waals surface area (Å²) in [6.45, 7) is 1.51. The Morgan fingerprint density at radius 3 is 2.69 bits per heavy atom. The van der Waals surface area contributed by atoms with E-state index >= 15 is 0 Å². The molecule has 1 amide bonds. The number of benzene rings is 1. The molecule has 0 radical (unpaired) electrons. The van der Waals surface area contributed by atoms with E-state index in [-0.39, 0.29) is 36.6 Å². The lowest BCUT2D eigenvalue weighted by atomic mass is 9.62. The van der Waals surface area contributed by atoms with Crippen LogP contribution in [0.3, 0.4) is 0 Å². The summed E-state index contributed by atoms with van der Waals surface area (Å²) in [7, 11) is 0. The molecular weight excluding hydrogens is 462 g/mol. The number of rotatable bonds is 6. The number of nitrogens with one attached hydrogen (secondary N) is 2. The molecule has 5 rings (SSSR count). The van der Waals surface area contributed by atoms with E-state index in [1.807, 2.05) is 12.1 Å². The first-order chi connectivity index (χ1) is 16.5. The minimum atomic E-state index is -0.332. The summed E-state index contributed by atoms with van der Waals surface area (Å²) in [6.07, 6.45) is 12.1. The first kappa shape index (κ1) is 25.6. The van der Waals surface area contributed by atoms with Crippen LogP contribution in [-0.2, 0) is 4.79 Å². The van der Waals surface area contributed by atoms with Gasteiger partial charge in [-0.15, -0.1) is 0 Å². The molecule has 188 valence electrons. The van der Waals surface area contributed by atoms with E-state index in [1.54, 1.807) is 24.4 Å². The van der Waals surface area contributed by atoms with E-state index < -0.39 is 0 Å². The summed E-state index contributed by atoms with van der Waals surface area (Å²) < 4.78 is 5.64. The Kier molecular flexibility index (Phi) is 8.12. The van der Waals surface area contributed by atoms with Gasteiger partial charge in [0.15, 0.2) is 0 Å². The molecule has 1 atom stereocenters. The first-order valence-corrected chi connectivity index (χ1v) is 12.9. The van der Waals surface area contributed by atoms with Gasteiger partial charge in [0.2, 0.25) is 5.88 Å². The quantitative estimate of drug-likeness (QED) is 0.494. The average molecular weight is 498 g/mol. The van der Waals surface area contributed by atoms with Crippen molar-refractivity contribution in [1.82, 2.24) is 15.6 Å². The number of nitrogens with zero attached hydrogens (tertiary/aromatic N) is 1. The fourth-order valence-corrected chi connectivity index (χ4v) is 6.25. The Morgan fingerprint density at radius 2 is 1.94 bits per heavy atom. The van der Waals surface area contributed by atoms with Crippen molar-refractivity contribution in [3.63, 3.8) is 0 Å². The predicted octanol–water partition coefficient (Wildman–Crippen LogP) is 5.79. The third kappa shape index (κ3) is 5.70. The van der Waals surface area contributed by atoms with Crippen LogP contribution < -0.4 is 15.4 Å². The average Bonchev–Trinajstić information content (AvgIpc) is 3.39. The van der Waals surface area contributed by atoms with Crippen molar-refractivity contribution in [1.29, 1.82) is 0 Å². The van der Waals surface area contributed by atoms with Crippen LogP contribution in [0.5, 0.6) is 5.88 Å². The lowest BCUT2D eigenvalue weighted by molar-refractivity contribution is -0.136. The molecule has 7 heteroatoms. The summed E-state index contributed by atoms with van der Waals surface area (Å²) in [6, 6.07) is 8.63. The number of fused-ring (bicyclic) bond motifs is 2. The first-order valence-electron chi connectivity index (χ1n) is 12.5. The number of ether oxygens (including phenoxy) is 1. The minimum absolute atomic E-state index is 0. The molecule has 2 N–H and O–H groups in total. The van der Waals surface area contributed by atoms with Crippen molar-refractivity contribution in [3.05, 3.63) is 47.1 Å². The molecule has 1 aromatic carbocycles. The van der Waals surface area contributed by atoms with E-state index in [1.165, 1.54) is 44.9 Å². The summed E-state index contributed by atoms with van der Waals surface area (Å²) >= 11 is 6.44. The van der Waals surface area contributed by atoms with Gasteiger partial charge in [-0.1, -0.05) is 50.8 Å². The van der Waals surface area contributed by atoms with Crippen molar-refractivity contribution >= 4 is 23.5 Å². The number of carbonyl (C=O) groups is 2. The fraction of sp³-hybridized carbons (Fsp3) is 0.536. The SMILES string of the molecule is C.O=C(NCC12CCCC(CCC1)C2)c1cc(-c2cccnc2OC(=O)[C@@H]2CCCN2)ccc1Cl. The maximum absolute atomic E-state index is 13.2. The molecule has 1 aromatic heterocycles. The predicted molar refractivity (Wildman–Crippen MR) is 139 cm³/mol. The van der Waals surface area contributed by atoms with Crippen LogP contribution in [0.2, 0.25) is 5.02 Å². The maximum Gasteiger partial charge on any atom is 0.329 e. The van der Waals surface area contributed by atoms with Crippen molar-refractivity contribution in [2.24, 2.45) is 11.3 Å². The highest BCUT2D eigenvalue weighted by molar-refractivity contribution is 6.34. The molecule has 3 aliphatic rings. The van der Waals surface area contributed by atoms with Crippen LogP contribution >= 0.6 is 11.6 Å². The monoisotopic (exact) mass is 497 g/mol. The van der Waals surface area contributed by atoms with Crippen molar-refractivity contribution in [2.45, 2.75) is 71.3 Å². The normalized spacial score (nSPS) is 25.4. The molecular formula is C28H36ClN3O3. The summed E-state index contributed by atoms with van der Waals surface area (Å²) in [4.78, 5) is 30.0. The minimum Gasteiger partial charge on any atom is -0.406 e. The van der Waals surface area contributed by atoms with Crippen LogP contribution in [0.1, 0.15) is 75.6 Å². The molecule has 35 heavy (non-hydrogen) atoms. The van der Waals surface area contributed by atoms with E-state index in [2.05, 4.69) is 15.6 Å². The molecule has 1 saturated heterocycles. The van der Waals surface area contributed by atoms with Crippen molar-refractivity contribution in [2.75, 3.05) is 13.1 Å². The molecule has 3 fully saturated rings. The highest BCUT2D eigenvalue weighted by Crippen LogP contribution is 2.48. The number of aromatic nitrogens is 1. The Labute approximate surface area is 213 Å². The maximum atomic E-state index is 13.2. The van der Waals surface area contributed by atoms with Crippen LogP contribution in [0.4, 0.5) is 0 Å². The molecule has 0 spiro atoms. The van der Waals surface area contributed by atoms with Gasteiger partial charge in [-0.3, -0.25) is 4.79 Å². The Morgan fingerprint density at radius 1 is 1.14 bits per heavy atom. The van der Waals surface area contributed by atoms with Gasteiger partial charge in [0, 0.05) is 18.3 Å². The molecule has 6 nitrogen and oxygen atoms in total. The number of hydrogen-bond acceptors (Lipinski definition) is 5. The van der Waals surface area contributed by atoms with Gasteiger partial charge in [-0.25, -0.2) is 9.78 Å². The molecule has 0 unspecified atom stereocenters. The lowest BCUT2D eigenvalue weighted by Crippen LogP contribution is -2.43. The van der Waals surface area contributed by atoms with E-state index in [0.29, 0.717) is 22.7 Å². The zero-order valence-electron chi connectivity index (χ0n) is 19.4. The topological polar surface area (TPSA) is 80.3 Å². The van der Waals surface area contributed by atoms with Gasteiger partial charge in [-0.05, 0) is 79.8 Å². The van der Waals surface area contributed by atoms with Crippen LogP contribution in [0, 0.1) is 11.3 Å². The standard InChI is InChI=1S/C27H32ClN3O3.CH4/c28-22-10-9-19(20-7-3-14-30-25(20)34-26(33)23-8-4-13-29-23)15-21(22)24(32)31-17-27-11-1-5-18(16-27)6-2-12-27;/h3,7,9-10,14-15,18,23,29H,1-2,4-6,8,11-13,16-17H2,(H,31,32);1H4/t18?,23-,27?;/m0./s1. The van der Waals surface area contributed by atoms with E-state index in [0.717, 1.165) is 30.9 Å². The van der Waals surface area contributed by atoms with Crippen molar-refractivity contribution in [3.8, 4) is 17.0 Å². The largest absolute Gasteiger partial charge is 0.406 e. The second kappa shape index (κ2) is 11.1. The lowest BCUT2D eigenvalue weighted by Gasteiger charge is -2.45. The van der Waals surface area contributed by atoms with Gasteiger partial charge >= 0.3 is 5.97 Å². The number of carbonyl (C=O) groups excluding carboxylic acids is 2. The van der Waals surface area contributed by atoms with Crippen LogP contribution in [0.15, 0.2) is 36.5 Å². The molecule has 2 bridgehead atoms. The number of esters is 1. The van der Waals surface area contributed by atoms with Crippen LogP contribution in [-0.4, -0.2) is 36.0 Å². The van der Waals surface area contributed by atoms with Crippen LogP contribution in [0.25, 0.3) is 11.1 Å². The van der Waals surface area contributed by atoms with Gasteiger partial charge < -0.3 is 15.4 Å². The Bertz CT molecular complexity index is 1060. The molecule has 1 aliphatic heterocycles. The number of hydrogen-bond donors (Lipinski definition) is 2. The third-order valence-electron chi connectivity index (χ3n) is 7.82. The summed E-state index contributed by atoms with van der Waals surface area (Å²) in [5, 5.41) is 6.74. The van der Waals surface area contributed by atoms with Gasteiger partial charge in [-0.2, -0.15) is 0 Å². The number of amides is 1. The second-order valence-corrected chi connectivity index (χ2v) is 10.6. The summed E-state index contributed by atoms with van der Waals surface area (Å²) in [5.74, 6) is 0.565. The molecule has 2 heterocycles. The molecule has 2 aromatic rings. The number of halogens is 1. The third-order valence-corrected chi connectivity index (χ3v) is 8.15. The Balaban J connectivity index is 0.00000289. The zero-order chi connectivity index (χ0) is 23.5. The van der Waals surface area contributed by atoms with Gasteiger partial charge in [0.25, 0.3) is 5.91 Å². The highest BCUT2D eigenvalue weighted by Gasteiger charge is 2.39. The molecule has 2 aliphatic carbocycles. The number of pyridine rings is 1. The highest BCUT2D eigenvalue weighted by atomic mass is 35.5. The van der Waals surface area contributed by atoms with Crippen molar-refractivity contribution < 1.29 is 14.3 Å². The zero-order valence-corrected chi connectivity index (χ0v) is 20.2. The fourth-order valence-electron chi connectivity index (χ4n) is 6.04. The Hall–Kier alpha value is -2.44. The second-order valence-electron chi connectivity index (χ2n) is 10.2. The van der Waals surface area contributed by atoms with E-state index in [4.69, 9.17) is 16.3 Å². The smallest absolute Gasteiger partial charge is 0.329 e. The van der Waals surface area contributed by atoms with E-state index in [9.17, 15) is 9.59 Å². The van der Waals surface area contributed by atoms with Gasteiger partial charge in [0.1, 0.15) is 6.04 Å². The molecule has 2 saturated carbocycles.